The van der Waals surface area contributed by atoms with Crippen molar-refractivity contribution in [1.29, 1.82) is 0 Å². The van der Waals surface area contributed by atoms with Crippen molar-refractivity contribution < 1.29 is 14.6 Å². The van der Waals surface area contributed by atoms with Gasteiger partial charge in [-0.3, -0.25) is 9.52 Å². The molecule has 0 saturated heterocycles. The first-order chi connectivity index (χ1) is 18.4. The van der Waals surface area contributed by atoms with Crippen LogP contribution in [0.1, 0.15) is 73.4 Å². The zero-order chi connectivity index (χ0) is 26.3. The summed E-state index contributed by atoms with van der Waals surface area (Å²) in [6.45, 7) is 4.57. The first-order valence-electron chi connectivity index (χ1n) is 14.3. The monoisotopic (exact) mass is 554 g/mol. The number of hydrogen-bond donors (Lipinski definition) is 2. The number of carbonyl (C=O) groups is 1. The molecular formula is C31H39ClN2O3S. The van der Waals surface area contributed by atoms with Gasteiger partial charge in [0.25, 0.3) is 5.91 Å². The van der Waals surface area contributed by atoms with Gasteiger partial charge < -0.3 is 14.7 Å². The fourth-order valence-corrected chi connectivity index (χ4v) is 8.11. The molecule has 2 aliphatic heterocycles. The molecule has 6 rings (SSSR count). The summed E-state index contributed by atoms with van der Waals surface area (Å²) in [6, 6.07) is 12.2. The van der Waals surface area contributed by atoms with E-state index in [-0.39, 0.29) is 17.4 Å². The van der Waals surface area contributed by atoms with E-state index in [4.69, 9.17) is 16.3 Å². The Balaban J connectivity index is 1.38. The lowest BCUT2D eigenvalue weighted by Crippen LogP contribution is -2.49. The van der Waals surface area contributed by atoms with Gasteiger partial charge >= 0.3 is 0 Å². The number of hydrogen-bond acceptors (Lipinski definition) is 5. The van der Waals surface area contributed by atoms with Crippen LogP contribution in [0.3, 0.4) is 0 Å². The number of amides is 1. The predicted molar refractivity (Wildman–Crippen MR) is 155 cm³/mol. The molecule has 2 N–H and O–H groups in total. The summed E-state index contributed by atoms with van der Waals surface area (Å²) in [6.07, 6.45) is 8.17. The molecule has 2 aliphatic carbocycles. The second kappa shape index (κ2) is 10.9. The van der Waals surface area contributed by atoms with Crippen LogP contribution in [0.5, 0.6) is 5.75 Å². The Labute approximate surface area is 235 Å². The minimum atomic E-state index is -0.246. The van der Waals surface area contributed by atoms with Crippen molar-refractivity contribution in [2.45, 2.75) is 69.8 Å². The maximum atomic E-state index is 13.1. The lowest BCUT2D eigenvalue weighted by Gasteiger charge is -2.46. The van der Waals surface area contributed by atoms with Gasteiger partial charge in [-0.1, -0.05) is 36.5 Å². The number of rotatable bonds is 0. The first kappa shape index (κ1) is 26.3. The van der Waals surface area contributed by atoms with Gasteiger partial charge in [-0.15, -0.1) is 0 Å². The minimum Gasteiger partial charge on any atom is -0.490 e. The Morgan fingerprint density at radius 2 is 2.05 bits per heavy atom. The number of halogens is 1. The van der Waals surface area contributed by atoms with Crippen LogP contribution in [0.2, 0.25) is 5.02 Å². The SMILES string of the molecule is C[C@H]1CCCSNC(=O)c2ccc3c(c2)N(C[C@@H]2CC[C@H]2[C@H](O)C1)C[C@@]1(CCCc2cc(Cl)ccc21)CO3. The lowest BCUT2D eigenvalue weighted by atomic mass is 9.67. The highest BCUT2D eigenvalue weighted by atomic mass is 35.5. The van der Waals surface area contributed by atoms with Crippen molar-refractivity contribution in [3.63, 3.8) is 0 Å². The average Bonchev–Trinajstić information content (AvgIpc) is 3.02. The van der Waals surface area contributed by atoms with Crippen LogP contribution in [0, 0.1) is 17.8 Å². The maximum Gasteiger partial charge on any atom is 0.261 e. The molecule has 5 nitrogen and oxygen atoms in total. The quantitative estimate of drug-likeness (QED) is 0.369. The van der Waals surface area contributed by atoms with E-state index >= 15 is 0 Å². The molecular weight excluding hydrogens is 516 g/mol. The number of aryl methyl sites for hydroxylation is 1. The minimum absolute atomic E-state index is 0.0496. The number of nitrogens with zero attached hydrogens (tertiary/aromatic N) is 1. The molecule has 1 spiro atoms. The molecule has 1 fully saturated rings. The van der Waals surface area contributed by atoms with Crippen LogP contribution < -0.4 is 14.4 Å². The third-order valence-electron chi connectivity index (χ3n) is 9.48. The number of nitrogens with one attached hydrogen (secondary N) is 1. The second-order valence-corrected chi connectivity index (χ2v) is 13.5. The van der Waals surface area contributed by atoms with E-state index in [0.29, 0.717) is 29.9 Å². The van der Waals surface area contributed by atoms with Gasteiger partial charge in [0, 0.05) is 34.8 Å². The highest BCUT2D eigenvalue weighted by Gasteiger charge is 2.44. The molecule has 4 aliphatic rings. The third-order valence-corrected chi connectivity index (χ3v) is 10.5. The van der Waals surface area contributed by atoms with Crippen LogP contribution in [-0.4, -0.2) is 42.6 Å². The maximum absolute atomic E-state index is 13.1. The van der Waals surface area contributed by atoms with Crippen molar-refractivity contribution in [3.8, 4) is 5.75 Å². The van der Waals surface area contributed by atoms with E-state index in [1.54, 1.807) is 0 Å². The highest BCUT2D eigenvalue weighted by molar-refractivity contribution is 7.97. The van der Waals surface area contributed by atoms with Gasteiger partial charge in [0.1, 0.15) is 5.75 Å². The highest BCUT2D eigenvalue weighted by Crippen LogP contribution is 2.47. The normalized spacial score (nSPS) is 31.8. The van der Waals surface area contributed by atoms with Gasteiger partial charge in [0.15, 0.2) is 0 Å². The first-order valence-corrected chi connectivity index (χ1v) is 15.7. The zero-order valence-corrected chi connectivity index (χ0v) is 23.8. The number of carbonyl (C=O) groups excluding carboxylic acids is 1. The summed E-state index contributed by atoms with van der Waals surface area (Å²) >= 11 is 7.88. The number of anilines is 1. The number of ether oxygens (including phenoxy) is 1. The molecule has 2 aromatic rings. The molecule has 2 aromatic carbocycles. The Kier molecular flexibility index (Phi) is 7.58. The lowest BCUT2D eigenvalue weighted by molar-refractivity contribution is 0.00141. The third kappa shape index (κ3) is 5.16. The van der Waals surface area contributed by atoms with E-state index in [1.807, 2.05) is 24.3 Å². The van der Waals surface area contributed by atoms with Crippen LogP contribution in [0.15, 0.2) is 36.4 Å². The van der Waals surface area contributed by atoms with Gasteiger partial charge in [-0.25, -0.2) is 0 Å². The molecule has 2 heterocycles. The zero-order valence-electron chi connectivity index (χ0n) is 22.3. The van der Waals surface area contributed by atoms with E-state index < -0.39 is 0 Å². The standard InChI is InChI=1S/C31H39ClN2O3S/c1-20-4-3-13-38-33-30(36)22-7-11-29-27(16-22)34(17-23-6-9-25(23)28(35)14-20)18-31(19-37-29)12-2-5-21-15-24(32)8-10-26(21)31/h7-8,10-11,15-16,20,23,25,28,35H,2-6,9,12-14,17-19H2,1H3,(H,33,36)/t20-,23-,25+,28+,31-/m0/s1. The molecule has 0 aromatic heterocycles. The largest absolute Gasteiger partial charge is 0.490 e. The predicted octanol–water partition coefficient (Wildman–Crippen LogP) is 6.40. The molecule has 0 radical (unpaired) electrons. The van der Waals surface area contributed by atoms with E-state index in [9.17, 15) is 9.90 Å². The van der Waals surface area contributed by atoms with Gasteiger partial charge in [-0.05, 0) is 111 Å². The summed E-state index contributed by atoms with van der Waals surface area (Å²) in [5, 5.41) is 12.0. The topological polar surface area (TPSA) is 61.8 Å². The number of fused-ring (bicyclic) bond motifs is 4. The molecule has 5 atom stereocenters. The number of aliphatic hydroxyl groups is 1. The fourth-order valence-electron chi connectivity index (χ4n) is 7.25. The second-order valence-electron chi connectivity index (χ2n) is 12.1. The van der Waals surface area contributed by atoms with Gasteiger partial charge in [0.2, 0.25) is 0 Å². The molecule has 1 saturated carbocycles. The van der Waals surface area contributed by atoms with Crippen molar-refractivity contribution in [3.05, 3.63) is 58.1 Å². The van der Waals surface area contributed by atoms with Crippen molar-refractivity contribution in [2.75, 3.05) is 30.3 Å². The summed E-state index contributed by atoms with van der Waals surface area (Å²) in [4.78, 5) is 15.6. The van der Waals surface area contributed by atoms with Crippen LogP contribution in [0.25, 0.3) is 0 Å². The molecule has 0 unspecified atom stereocenters. The molecule has 204 valence electrons. The average molecular weight is 555 g/mol. The van der Waals surface area contributed by atoms with E-state index in [1.165, 1.54) is 23.1 Å². The van der Waals surface area contributed by atoms with E-state index in [0.717, 1.165) is 86.7 Å². The van der Waals surface area contributed by atoms with Crippen LogP contribution >= 0.6 is 23.5 Å². The fraction of sp³-hybridized carbons (Fsp3) is 0.581. The van der Waals surface area contributed by atoms with Crippen LogP contribution in [0.4, 0.5) is 5.69 Å². The van der Waals surface area contributed by atoms with Crippen LogP contribution in [-0.2, 0) is 11.8 Å². The van der Waals surface area contributed by atoms with Crippen molar-refractivity contribution >= 4 is 35.1 Å². The Morgan fingerprint density at radius 1 is 1.16 bits per heavy atom. The molecule has 1 amide bonds. The Bertz CT molecular complexity index is 1190. The number of benzene rings is 2. The summed E-state index contributed by atoms with van der Waals surface area (Å²) < 4.78 is 9.62. The van der Waals surface area contributed by atoms with Gasteiger partial charge in [-0.2, -0.15) is 0 Å². The Morgan fingerprint density at radius 3 is 2.89 bits per heavy atom. The Hall–Kier alpha value is -1.89. The summed E-state index contributed by atoms with van der Waals surface area (Å²) in [5.74, 6) is 2.94. The molecule has 38 heavy (non-hydrogen) atoms. The number of aliphatic hydroxyl groups excluding tert-OH is 1. The molecule has 2 bridgehead atoms. The summed E-state index contributed by atoms with van der Waals surface area (Å²) in [7, 11) is 0. The van der Waals surface area contributed by atoms with Crippen molar-refractivity contribution in [1.82, 2.24) is 4.72 Å². The van der Waals surface area contributed by atoms with E-state index in [2.05, 4.69) is 28.7 Å². The van der Waals surface area contributed by atoms with Gasteiger partial charge in [0.05, 0.1) is 18.4 Å². The summed E-state index contributed by atoms with van der Waals surface area (Å²) in [5.41, 5.74) is 4.21. The van der Waals surface area contributed by atoms with Crippen molar-refractivity contribution in [2.24, 2.45) is 17.8 Å². The molecule has 7 heteroatoms. The smallest absolute Gasteiger partial charge is 0.261 e.